The van der Waals surface area contributed by atoms with E-state index in [9.17, 15) is 5.11 Å². The lowest BCUT2D eigenvalue weighted by molar-refractivity contribution is 0.0386. The maximum Gasteiger partial charge on any atom is 0.0945 e. The van der Waals surface area contributed by atoms with Crippen LogP contribution in [-0.4, -0.2) is 31.0 Å². The summed E-state index contributed by atoms with van der Waals surface area (Å²) >= 11 is 3.41. The predicted molar refractivity (Wildman–Crippen MR) is 72.2 cm³/mol. The summed E-state index contributed by atoms with van der Waals surface area (Å²) in [5.41, 5.74) is 1.00. The molecule has 4 heteroatoms. The SMILES string of the molecule is OC(CNc1cccc(Br)c1)COCC1CC1. The first-order valence-electron chi connectivity index (χ1n) is 5.99. The van der Waals surface area contributed by atoms with Crippen molar-refractivity contribution in [3.8, 4) is 0 Å². The third kappa shape index (κ3) is 5.06. The number of rotatable bonds is 7. The van der Waals surface area contributed by atoms with E-state index in [0.717, 1.165) is 22.7 Å². The molecule has 1 aromatic carbocycles. The van der Waals surface area contributed by atoms with E-state index in [1.54, 1.807) is 0 Å². The molecule has 0 amide bonds. The van der Waals surface area contributed by atoms with Gasteiger partial charge in [-0.1, -0.05) is 22.0 Å². The number of aliphatic hydroxyl groups excluding tert-OH is 1. The molecule has 0 saturated heterocycles. The molecule has 94 valence electrons. The molecule has 0 radical (unpaired) electrons. The Balaban J connectivity index is 1.62. The summed E-state index contributed by atoms with van der Waals surface area (Å²) in [4.78, 5) is 0. The van der Waals surface area contributed by atoms with E-state index in [-0.39, 0.29) is 0 Å². The van der Waals surface area contributed by atoms with Crippen LogP contribution in [0.25, 0.3) is 0 Å². The molecule has 1 fully saturated rings. The Bertz CT molecular complexity index is 355. The molecule has 1 aliphatic carbocycles. The number of benzene rings is 1. The van der Waals surface area contributed by atoms with Gasteiger partial charge >= 0.3 is 0 Å². The topological polar surface area (TPSA) is 41.5 Å². The highest BCUT2D eigenvalue weighted by molar-refractivity contribution is 9.10. The third-order valence-corrected chi connectivity index (χ3v) is 3.22. The maximum absolute atomic E-state index is 9.71. The van der Waals surface area contributed by atoms with Gasteiger partial charge in [0.1, 0.15) is 0 Å². The minimum atomic E-state index is -0.451. The van der Waals surface area contributed by atoms with Crippen molar-refractivity contribution >= 4 is 21.6 Å². The molecular weight excluding hydrogens is 282 g/mol. The molecule has 0 heterocycles. The Labute approximate surface area is 110 Å². The lowest BCUT2D eigenvalue weighted by Crippen LogP contribution is -2.25. The average molecular weight is 300 g/mol. The zero-order valence-electron chi connectivity index (χ0n) is 9.73. The molecule has 17 heavy (non-hydrogen) atoms. The van der Waals surface area contributed by atoms with Crippen LogP contribution < -0.4 is 5.32 Å². The Morgan fingerprint density at radius 3 is 3.00 bits per heavy atom. The van der Waals surface area contributed by atoms with Crippen molar-refractivity contribution in [2.75, 3.05) is 25.1 Å². The van der Waals surface area contributed by atoms with Gasteiger partial charge in [-0.3, -0.25) is 0 Å². The van der Waals surface area contributed by atoms with Gasteiger partial charge in [0.15, 0.2) is 0 Å². The van der Waals surface area contributed by atoms with E-state index in [1.807, 2.05) is 24.3 Å². The zero-order valence-corrected chi connectivity index (χ0v) is 11.3. The summed E-state index contributed by atoms with van der Waals surface area (Å²) in [5.74, 6) is 0.750. The Morgan fingerprint density at radius 1 is 1.47 bits per heavy atom. The van der Waals surface area contributed by atoms with Crippen molar-refractivity contribution in [3.63, 3.8) is 0 Å². The van der Waals surface area contributed by atoms with Crippen molar-refractivity contribution in [2.24, 2.45) is 5.92 Å². The lowest BCUT2D eigenvalue weighted by atomic mass is 10.3. The standard InChI is InChI=1S/C13H18BrNO2/c14-11-2-1-3-12(6-11)15-7-13(16)9-17-8-10-4-5-10/h1-3,6,10,13,15-16H,4-5,7-9H2. The summed E-state index contributed by atoms with van der Waals surface area (Å²) < 4.78 is 6.46. The predicted octanol–water partition coefficient (Wildman–Crippen LogP) is 2.65. The van der Waals surface area contributed by atoms with Crippen molar-refractivity contribution in [2.45, 2.75) is 18.9 Å². The van der Waals surface area contributed by atoms with Crippen LogP contribution in [0, 0.1) is 5.92 Å². The van der Waals surface area contributed by atoms with Gasteiger partial charge in [0.2, 0.25) is 0 Å². The highest BCUT2D eigenvalue weighted by atomic mass is 79.9. The second-order valence-electron chi connectivity index (χ2n) is 4.53. The normalized spacial score (nSPS) is 16.8. The number of aliphatic hydroxyl groups is 1. The minimum absolute atomic E-state index is 0.414. The van der Waals surface area contributed by atoms with Crippen LogP contribution in [0.4, 0.5) is 5.69 Å². The van der Waals surface area contributed by atoms with Gasteiger partial charge in [0.05, 0.1) is 12.7 Å². The molecular formula is C13H18BrNO2. The molecule has 2 rings (SSSR count). The van der Waals surface area contributed by atoms with Crippen LogP contribution in [0.3, 0.4) is 0 Å². The van der Waals surface area contributed by atoms with Gasteiger partial charge < -0.3 is 15.2 Å². The molecule has 1 aromatic rings. The average Bonchev–Trinajstić information content (AvgIpc) is 3.11. The number of ether oxygens (including phenoxy) is 1. The molecule has 1 saturated carbocycles. The third-order valence-electron chi connectivity index (χ3n) is 2.73. The summed E-state index contributed by atoms with van der Waals surface area (Å²) in [6, 6.07) is 7.89. The fourth-order valence-corrected chi connectivity index (χ4v) is 1.95. The highest BCUT2D eigenvalue weighted by Gasteiger charge is 2.21. The minimum Gasteiger partial charge on any atom is -0.389 e. The summed E-state index contributed by atoms with van der Waals surface area (Å²) in [5, 5.41) is 12.9. The van der Waals surface area contributed by atoms with Gasteiger partial charge in [-0.2, -0.15) is 0 Å². The van der Waals surface area contributed by atoms with Gasteiger partial charge in [0.25, 0.3) is 0 Å². The highest BCUT2D eigenvalue weighted by Crippen LogP contribution is 2.28. The summed E-state index contributed by atoms with van der Waals surface area (Å²) in [6.07, 6.45) is 2.12. The lowest BCUT2D eigenvalue weighted by Gasteiger charge is -2.13. The first-order chi connectivity index (χ1) is 8.24. The molecule has 3 nitrogen and oxygen atoms in total. The molecule has 0 aliphatic heterocycles. The van der Waals surface area contributed by atoms with Crippen LogP contribution in [0.5, 0.6) is 0 Å². The number of hydrogen-bond donors (Lipinski definition) is 2. The van der Waals surface area contributed by atoms with E-state index < -0.39 is 6.10 Å². The number of nitrogens with one attached hydrogen (secondary N) is 1. The zero-order chi connectivity index (χ0) is 12.1. The Morgan fingerprint density at radius 2 is 2.29 bits per heavy atom. The van der Waals surface area contributed by atoms with E-state index >= 15 is 0 Å². The first-order valence-corrected chi connectivity index (χ1v) is 6.78. The fraction of sp³-hybridized carbons (Fsp3) is 0.538. The van der Waals surface area contributed by atoms with Crippen molar-refractivity contribution in [1.82, 2.24) is 0 Å². The number of anilines is 1. The summed E-state index contributed by atoms with van der Waals surface area (Å²) in [6.45, 7) is 1.73. The van der Waals surface area contributed by atoms with Crippen LogP contribution in [0.1, 0.15) is 12.8 Å². The van der Waals surface area contributed by atoms with Crippen LogP contribution in [0.2, 0.25) is 0 Å². The van der Waals surface area contributed by atoms with Gasteiger partial charge in [-0.15, -0.1) is 0 Å². The molecule has 0 aromatic heterocycles. The molecule has 1 unspecified atom stereocenters. The molecule has 2 N–H and O–H groups in total. The van der Waals surface area contributed by atoms with E-state index in [1.165, 1.54) is 12.8 Å². The second kappa shape index (κ2) is 6.38. The van der Waals surface area contributed by atoms with E-state index in [0.29, 0.717) is 13.2 Å². The molecule has 0 bridgehead atoms. The summed E-state index contributed by atoms with van der Waals surface area (Å²) in [7, 11) is 0. The first kappa shape index (κ1) is 12.9. The van der Waals surface area contributed by atoms with Crippen molar-refractivity contribution in [3.05, 3.63) is 28.7 Å². The maximum atomic E-state index is 9.71. The van der Waals surface area contributed by atoms with Gasteiger partial charge in [0, 0.05) is 23.3 Å². The van der Waals surface area contributed by atoms with Crippen LogP contribution in [-0.2, 0) is 4.74 Å². The van der Waals surface area contributed by atoms with Gasteiger partial charge in [-0.05, 0) is 37.0 Å². The van der Waals surface area contributed by atoms with Crippen molar-refractivity contribution < 1.29 is 9.84 Å². The van der Waals surface area contributed by atoms with Crippen LogP contribution >= 0.6 is 15.9 Å². The molecule has 1 aliphatic rings. The monoisotopic (exact) mass is 299 g/mol. The van der Waals surface area contributed by atoms with Gasteiger partial charge in [-0.25, -0.2) is 0 Å². The van der Waals surface area contributed by atoms with E-state index in [4.69, 9.17) is 4.74 Å². The smallest absolute Gasteiger partial charge is 0.0945 e. The number of hydrogen-bond acceptors (Lipinski definition) is 3. The Kier molecular flexibility index (Phi) is 4.83. The largest absolute Gasteiger partial charge is 0.389 e. The Hall–Kier alpha value is -0.580. The second-order valence-corrected chi connectivity index (χ2v) is 5.44. The van der Waals surface area contributed by atoms with Crippen LogP contribution in [0.15, 0.2) is 28.7 Å². The molecule has 1 atom stereocenters. The fourth-order valence-electron chi connectivity index (χ4n) is 1.55. The molecule has 0 spiro atoms. The van der Waals surface area contributed by atoms with E-state index in [2.05, 4.69) is 21.2 Å². The number of halogens is 1. The quantitative estimate of drug-likeness (QED) is 0.813. The van der Waals surface area contributed by atoms with Crippen molar-refractivity contribution in [1.29, 1.82) is 0 Å².